The topological polar surface area (TPSA) is 59.5 Å². The Balaban J connectivity index is 0.000000970. The molecular weight excluding hydrogens is 424 g/mol. The number of aromatic nitrogens is 2. The Morgan fingerprint density at radius 2 is 1.47 bits per heavy atom. The SMILES string of the molecule is CC.CC.COc1cc2nc(-c3ccccc3)nc(NC3CCN(C(C)C)CC3)c2cc1OC. The Morgan fingerprint density at radius 1 is 0.882 bits per heavy atom. The van der Waals surface area contributed by atoms with Crippen LogP contribution in [0.3, 0.4) is 0 Å². The maximum Gasteiger partial charge on any atom is 0.162 e. The number of hydrogen-bond acceptors (Lipinski definition) is 6. The molecule has 0 spiro atoms. The van der Waals surface area contributed by atoms with Gasteiger partial charge in [0.25, 0.3) is 0 Å². The van der Waals surface area contributed by atoms with E-state index in [-0.39, 0.29) is 0 Å². The van der Waals surface area contributed by atoms with Gasteiger partial charge in [-0.1, -0.05) is 58.0 Å². The number of methoxy groups -OCH3 is 2. The maximum atomic E-state index is 5.53. The standard InChI is InChI=1S/C24H30N4O2.2C2H6/c1-16(2)28-12-10-18(11-13-28)25-24-19-14-21(29-3)22(30-4)15-20(19)26-23(27-24)17-8-6-5-7-9-17;2*1-2/h5-9,14-16,18H,10-13H2,1-4H3,(H,25,26,27);2*1-2H3. The Morgan fingerprint density at radius 3 is 2.03 bits per heavy atom. The lowest BCUT2D eigenvalue weighted by molar-refractivity contribution is 0.177. The van der Waals surface area contributed by atoms with E-state index in [1.165, 1.54) is 0 Å². The van der Waals surface area contributed by atoms with Crippen molar-refractivity contribution in [1.82, 2.24) is 14.9 Å². The molecule has 2 aromatic carbocycles. The smallest absolute Gasteiger partial charge is 0.162 e. The highest BCUT2D eigenvalue weighted by Crippen LogP contribution is 2.35. The van der Waals surface area contributed by atoms with Crippen LogP contribution in [0.1, 0.15) is 54.4 Å². The number of anilines is 1. The van der Waals surface area contributed by atoms with Crippen molar-refractivity contribution in [2.75, 3.05) is 32.6 Å². The molecule has 0 bridgehead atoms. The van der Waals surface area contributed by atoms with E-state index in [0.29, 0.717) is 29.4 Å². The number of piperidine rings is 1. The highest BCUT2D eigenvalue weighted by atomic mass is 16.5. The minimum absolute atomic E-state index is 0.384. The number of hydrogen-bond donors (Lipinski definition) is 1. The number of rotatable bonds is 6. The van der Waals surface area contributed by atoms with Crippen molar-refractivity contribution in [2.45, 2.75) is 66.5 Å². The Labute approximate surface area is 205 Å². The first kappa shape index (κ1) is 27.4. The summed E-state index contributed by atoms with van der Waals surface area (Å²) in [5.74, 6) is 2.90. The Bertz CT molecular complexity index is 1000. The van der Waals surface area contributed by atoms with Gasteiger partial charge in [-0.15, -0.1) is 0 Å². The van der Waals surface area contributed by atoms with Gasteiger partial charge in [-0.05, 0) is 32.8 Å². The minimum Gasteiger partial charge on any atom is -0.493 e. The summed E-state index contributed by atoms with van der Waals surface area (Å²) in [5.41, 5.74) is 1.83. The van der Waals surface area contributed by atoms with Gasteiger partial charge in [-0.3, -0.25) is 0 Å². The minimum atomic E-state index is 0.384. The maximum absolute atomic E-state index is 5.53. The average Bonchev–Trinajstić information content (AvgIpc) is 2.91. The number of nitrogens with zero attached hydrogens (tertiary/aromatic N) is 3. The second-order valence-corrected chi connectivity index (χ2v) is 8.03. The summed E-state index contributed by atoms with van der Waals surface area (Å²) >= 11 is 0. The third-order valence-electron chi connectivity index (χ3n) is 5.83. The Kier molecular flexibility index (Phi) is 11.1. The average molecular weight is 467 g/mol. The van der Waals surface area contributed by atoms with Crippen molar-refractivity contribution in [3.8, 4) is 22.9 Å². The van der Waals surface area contributed by atoms with Gasteiger partial charge < -0.3 is 19.7 Å². The van der Waals surface area contributed by atoms with Crippen LogP contribution in [0.4, 0.5) is 5.82 Å². The molecule has 1 aromatic heterocycles. The van der Waals surface area contributed by atoms with Crippen molar-refractivity contribution in [2.24, 2.45) is 0 Å². The number of nitrogens with one attached hydrogen (secondary N) is 1. The van der Waals surface area contributed by atoms with Crippen molar-refractivity contribution in [3.63, 3.8) is 0 Å². The second-order valence-electron chi connectivity index (χ2n) is 8.03. The zero-order valence-corrected chi connectivity index (χ0v) is 22.2. The van der Waals surface area contributed by atoms with Gasteiger partial charge in [0.05, 0.1) is 19.7 Å². The van der Waals surface area contributed by atoms with Crippen molar-refractivity contribution < 1.29 is 9.47 Å². The van der Waals surface area contributed by atoms with Crippen LogP contribution in [0.25, 0.3) is 22.3 Å². The van der Waals surface area contributed by atoms with E-state index in [4.69, 9.17) is 19.4 Å². The predicted octanol–water partition coefficient (Wildman–Crippen LogP) is 6.65. The van der Waals surface area contributed by atoms with E-state index in [0.717, 1.165) is 48.2 Å². The molecule has 1 N–H and O–H groups in total. The van der Waals surface area contributed by atoms with Gasteiger partial charge >= 0.3 is 0 Å². The fourth-order valence-corrected chi connectivity index (χ4v) is 4.04. The zero-order valence-electron chi connectivity index (χ0n) is 22.2. The molecule has 4 rings (SSSR count). The molecule has 2 heterocycles. The summed E-state index contributed by atoms with van der Waals surface area (Å²) < 4.78 is 11.0. The van der Waals surface area contributed by atoms with Crippen molar-refractivity contribution in [3.05, 3.63) is 42.5 Å². The van der Waals surface area contributed by atoms with Crippen LogP contribution in [0.15, 0.2) is 42.5 Å². The molecule has 6 heteroatoms. The number of likely N-dealkylation sites (tertiary alicyclic amines) is 1. The largest absolute Gasteiger partial charge is 0.493 e. The molecular formula is C28H42N4O2. The molecule has 0 aliphatic carbocycles. The van der Waals surface area contributed by atoms with Crippen LogP contribution in [0, 0.1) is 0 Å². The molecule has 1 fully saturated rings. The fraction of sp³-hybridized carbons (Fsp3) is 0.500. The van der Waals surface area contributed by atoms with E-state index in [1.54, 1.807) is 14.2 Å². The van der Waals surface area contributed by atoms with Crippen LogP contribution in [-0.2, 0) is 0 Å². The van der Waals surface area contributed by atoms with Crippen LogP contribution in [0.2, 0.25) is 0 Å². The van der Waals surface area contributed by atoms with Crippen molar-refractivity contribution >= 4 is 16.7 Å². The predicted molar refractivity (Wildman–Crippen MR) is 144 cm³/mol. The van der Waals surface area contributed by atoms with E-state index in [9.17, 15) is 0 Å². The van der Waals surface area contributed by atoms with E-state index in [1.807, 2.05) is 70.2 Å². The van der Waals surface area contributed by atoms with Gasteiger partial charge in [0.15, 0.2) is 17.3 Å². The number of ether oxygens (including phenoxy) is 2. The van der Waals surface area contributed by atoms with E-state index < -0.39 is 0 Å². The molecule has 0 unspecified atom stereocenters. The summed E-state index contributed by atoms with van der Waals surface area (Å²) in [6, 6.07) is 14.9. The third-order valence-corrected chi connectivity index (χ3v) is 5.83. The normalized spacial score (nSPS) is 14.0. The second kappa shape index (κ2) is 13.8. The van der Waals surface area contributed by atoms with E-state index >= 15 is 0 Å². The molecule has 3 aromatic rings. The molecule has 0 saturated carbocycles. The summed E-state index contributed by atoms with van der Waals surface area (Å²) in [6.07, 6.45) is 2.19. The first-order valence-electron chi connectivity index (χ1n) is 12.6. The summed E-state index contributed by atoms with van der Waals surface area (Å²) in [7, 11) is 3.29. The molecule has 6 nitrogen and oxygen atoms in total. The zero-order chi connectivity index (χ0) is 25.1. The van der Waals surface area contributed by atoms with Gasteiger partial charge in [0.2, 0.25) is 0 Å². The Hall–Kier alpha value is -2.86. The molecule has 1 aliphatic heterocycles. The first-order chi connectivity index (χ1) is 16.6. The summed E-state index contributed by atoms with van der Waals surface area (Å²) in [6.45, 7) is 14.7. The quantitative estimate of drug-likeness (QED) is 0.439. The van der Waals surface area contributed by atoms with Crippen molar-refractivity contribution in [1.29, 1.82) is 0 Å². The molecule has 0 amide bonds. The van der Waals surface area contributed by atoms with Gasteiger partial charge in [-0.2, -0.15) is 0 Å². The van der Waals surface area contributed by atoms with Crippen LogP contribution in [-0.4, -0.2) is 54.3 Å². The lowest BCUT2D eigenvalue weighted by atomic mass is 10.0. The highest BCUT2D eigenvalue weighted by molar-refractivity contribution is 5.93. The van der Waals surface area contributed by atoms with Crippen LogP contribution >= 0.6 is 0 Å². The first-order valence-corrected chi connectivity index (χ1v) is 12.6. The molecule has 1 saturated heterocycles. The highest BCUT2D eigenvalue weighted by Gasteiger charge is 2.22. The van der Waals surface area contributed by atoms with Gasteiger partial charge in [-0.25, -0.2) is 9.97 Å². The third kappa shape index (κ3) is 6.60. The van der Waals surface area contributed by atoms with Crippen LogP contribution in [0.5, 0.6) is 11.5 Å². The number of benzene rings is 2. The van der Waals surface area contributed by atoms with Gasteiger partial charge in [0, 0.05) is 42.2 Å². The number of fused-ring (bicyclic) bond motifs is 1. The summed E-state index contributed by atoms with van der Waals surface area (Å²) in [5, 5.41) is 4.65. The molecule has 1 aliphatic rings. The molecule has 186 valence electrons. The molecule has 0 atom stereocenters. The monoisotopic (exact) mass is 466 g/mol. The van der Waals surface area contributed by atoms with Crippen LogP contribution < -0.4 is 14.8 Å². The summed E-state index contributed by atoms with van der Waals surface area (Å²) in [4.78, 5) is 12.3. The van der Waals surface area contributed by atoms with Gasteiger partial charge in [0.1, 0.15) is 5.82 Å². The molecule has 0 radical (unpaired) electrons. The lowest BCUT2D eigenvalue weighted by Crippen LogP contribution is -2.42. The fourth-order valence-electron chi connectivity index (χ4n) is 4.04. The molecule has 34 heavy (non-hydrogen) atoms. The van der Waals surface area contributed by atoms with E-state index in [2.05, 4.69) is 24.1 Å². The lowest BCUT2D eigenvalue weighted by Gasteiger charge is -2.35.